The van der Waals surface area contributed by atoms with Gasteiger partial charge in [-0.05, 0) is 65.6 Å². The van der Waals surface area contributed by atoms with Crippen molar-refractivity contribution in [3.8, 4) is 0 Å². The number of hydrogen-bond donors (Lipinski definition) is 2. The van der Waals surface area contributed by atoms with E-state index in [1.165, 1.54) is 0 Å². The Bertz CT molecular complexity index is 236. The molecule has 0 radical (unpaired) electrons. The zero-order chi connectivity index (χ0) is 13.4. The second-order valence-corrected chi connectivity index (χ2v) is 5.56. The van der Waals surface area contributed by atoms with Crippen LogP contribution < -0.4 is 5.32 Å². The first-order chi connectivity index (χ1) is 8.63. The maximum absolute atomic E-state index is 11.9. The van der Waals surface area contributed by atoms with Crippen LogP contribution >= 0.6 is 0 Å². The van der Waals surface area contributed by atoms with Crippen LogP contribution in [0.2, 0.25) is 0 Å². The summed E-state index contributed by atoms with van der Waals surface area (Å²) in [6.45, 7) is 7.50. The van der Waals surface area contributed by atoms with E-state index in [9.17, 15) is 4.79 Å². The predicted molar refractivity (Wildman–Crippen MR) is 73.4 cm³/mol. The highest BCUT2D eigenvalue weighted by Gasteiger charge is 2.24. The van der Waals surface area contributed by atoms with Gasteiger partial charge in [0.1, 0.15) is 0 Å². The second kappa shape index (κ2) is 8.48. The van der Waals surface area contributed by atoms with Gasteiger partial charge in [-0.15, -0.1) is 0 Å². The number of hydrogen-bond acceptors (Lipinski definition) is 3. The van der Waals surface area contributed by atoms with Gasteiger partial charge in [-0.3, -0.25) is 4.79 Å². The fourth-order valence-electron chi connectivity index (χ4n) is 2.45. The minimum Gasteiger partial charge on any atom is -0.396 e. The summed E-state index contributed by atoms with van der Waals surface area (Å²) in [5, 5.41) is 11.7. The molecular weight excluding hydrogens is 228 g/mol. The number of carbonyl (C=O) groups is 1. The highest BCUT2D eigenvalue weighted by molar-refractivity contribution is 5.78. The zero-order valence-corrected chi connectivity index (χ0v) is 11.8. The molecule has 0 aromatic heterocycles. The van der Waals surface area contributed by atoms with Gasteiger partial charge < -0.3 is 15.3 Å². The van der Waals surface area contributed by atoms with Crippen molar-refractivity contribution >= 4 is 5.91 Å². The van der Waals surface area contributed by atoms with Gasteiger partial charge >= 0.3 is 0 Å². The van der Waals surface area contributed by atoms with Crippen LogP contribution in [-0.4, -0.2) is 48.2 Å². The smallest absolute Gasteiger partial charge is 0.223 e. The van der Waals surface area contributed by atoms with Crippen molar-refractivity contribution in [2.45, 2.75) is 52.0 Å². The average molecular weight is 256 g/mol. The van der Waals surface area contributed by atoms with Crippen molar-refractivity contribution in [1.29, 1.82) is 0 Å². The van der Waals surface area contributed by atoms with Crippen LogP contribution in [0.1, 0.15) is 46.0 Å². The monoisotopic (exact) mass is 256 g/mol. The van der Waals surface area contributed by atoms with E-state index in [1.54, 1.807) is 0 Å². The van der Waals surface area contributed by atoms with Gasteiger partial charge in [0.15, 0.2) is 0 Å². The molecule has 0 atom stereocenters. The van der Waals surface area contributed by atoms with E-state index in [-0.39, 0.29) is 17.9 Å². The largest absolute Gasteiger partial charge is 0.396 e. The molecule has 0 aromatic carbocycles. The van der Waals surface area contributed by atoms with E-state index >= 15 is 0 Å². The lowest BCUT2D eigenvalue weighted by atomic mass is 9.95. The number of nitrogens with zero attached hydrogens (tertiary/aromatic N) is 1. The number of aliphatic hydroxyl groups is 1. The number of unbranched alkanes of at least 4 members (excludes halogenated alkanes) is 2. The Kier molecular flexibility index (Phi) is 7.28. The molecule has 1 saturated heterocycles. The molecule has 1 rings (SSSR count). The number of carbonyl (C=O) groups excluding carboxylic acids is 1. The molecule has 1 heterocycles. The Morgan fingerprint density at radius 2 is 1.94 bits per heavy atom. The van der Waals surface area contributed by atoms with E-state index in [2.05, 4.69) is 10.2 Å². The van der Waals surface area contributed by atoms with Gasteiger partial charge in [0.2, 0.25) is 5.91 Å². The molecule has 1 aliphatic heterocycles. The van der Waals surface area contributed by atoms with Crippen molar-refractivity contribution in [3.05, 3.63) is 0 Å². The van der Waals surface area contributed by atoms with Crippen molar-refractivity contribution < 1.29 is 9.90 Å². The van der Waals surface area contributed by atoms with Crippen molar-refractivity contribution in [2.24, 2.45) is 5.92 Å². The maximum atomic E-state index is 11.9. The van der Waals surface area contributed by atoms with Gasteiger partial charge in [0, 0.05) is 18.6 Å². The minimum absolute atomic E-state index is 0.209. The molecule has 1 aliphatic rings. The molecule has 4 nitrogen and oxygen atoms in total. The van der Waals surface area contributed by atoms with Gasteiger partial charge in [-0.25, -0.2) is 0 Å². The fraction of sp³-hybridized carbons (Fsp3) is 0.929. The summed E-state index contributed by atoms with van der Waals surface area (Å²) in [5.41, 5.74) is 0. The van der Waals surface area contributed by atoms with Crippen LogP contribution in [0.3, 0.4) is 0 Å². The molecule has 18 heavy (non-hydrogen) atoms. The summed E-state index contributed by atoms with van der Waals surface area (Å²) in [6.07, 6.45) is 5.14. The van der Waals surface area contributed by atoms with Crippen LogP contribution in [0.25, 0.3) is 0 Å². The van der Waals surface area contributed by atoms with Gasteiger partial charge in [0.25, 0.3) is 0 Å². The Morgan fingerprint density at radius 1 is 1.28 bits per heavy atom. The van der Waals surface area contributed by atoms with Crippen molar-refractivity contribution in [2.75, 3.05) is 26.2 Å². The summed E-state index contributed by atoms with van der Waals surface area (Å²) < 4.78 is 0. The Labute approximate surface area is 111 Å². The lowest BCUT2D eigenvalue weighted by molar-refractivity contribution is -0.126. The topological polar surface area (TPSA) is 52.6 Å². The average Bonchev–Trinajstić information content (AvgIpc) is 2.34. The van der Waals surface area contributed by atoms with Crippen LogP contribution in [0, 0.1) is 5.92 Å². The third-order valence-corrected chi connectivity index (χ3v) is 3.52. The summed E-state index contributed by atoms with van der Waals surface area (Å²) in [5.74, 6) is 0.436. The third-order valence-electron chi connectivity index (χ3n) is 3.52. The quantitative estimate of drug-likeness (QED) is 0.677. The molecule has 0 aromatic rings. The van der Waals surface area contributed by atoms with E-state index in [4.69, 9.17) is 5.11 Å². The fourth-order valence-corrected chi connectivity index (χ4v) is 2.45. The number of likely N-dealkylation sites (tertiary alicyclic amines) is 1. The number of aliphatic hydroxyl groups excluding tert-OH is 1. The van der Waals surface area contributed by atoms with E-state index in [0.29, 0.717) is 6.61 Å². The van der Waals surface area contributed by atoms with Crippen LogP contribution in [0.15, 0.2) is 0 Å². The Hall–Kier alpha value is -0.610. The van der Waals surface area contributed by atoms with Crippen molar-refractivity contribution in [3.63, 3.8) is 0 Å². The summed E-state index contributed by atoms with van der Waals surface area (Å²) in [7, 11) is 0. The molecule has 4 heteroatoms. The Morgan fingerprint density at radius 3 is 2.50 bits per heavy atom. The first kappa shape index (κ1) is 15.4. The summed E-state index contributed by atoms with van der Waals surface area (Å²) in [6, 6.07) is 0.244. The number of nitrogens with one attached hydrogen (secondary N) is 1. The summed E-state index contributed by atoms with van der Waals surface area (Å²) in [4.78, 5) is 14.3. The molecule has 0 unspecified atom stereocenters. The maximum Gasteiger partial charge on any atom is 0.223 e. The minimum atomic E-state index is 0.209. The number of piperidine rings is 1. The normalized spacial score (nSPS) is 18.2. The SMILES string of the molecule is CC(C)NC(=O)C1CCN(CCCCCO)CC1. The molecule has 0 bridgehead atoms. The molecule has 106 valence electrons. The van der Waals surface area contributed by atoms with E-state index in [1.807, 2.05) is 13.8 Å². The second-order valence-electron chi connectivity index (χ2n) is 5.56. The molecular formula is C14H28N2O2. The molecule has 1 amide bonds. The lowest BCUT2D eigenvalue weighted by Gasteiger charge is -2.31. The standard InChI is InChI=1S/C14H28N2O2/c1-12(2)15-14(18)13-6-9-16(10-7-13)8-4-3-5-11-17/h12-13,17H,3-11H2,1-2H3,(H,15,18). The third kappa shape index (κ3) is 5.83. The molecule has 0 saturated carbocycles. The first-order valence-corrected chi connectivity index (χ1v) is 7.27. The zero-order valence-electron chi connectivity index (χ0n) is 11.8. The molecule has 0 spiro atoms. The number of rotatable bonds is 7. The highest BCUT2D eigenvalue weighted by Crippen LogP contribution is 2.18. The number of amides is 1. The lowest BCUT2D eigenvalue weighted by Crippen LogP contribution is -2.42. The highest BCUT2D eigenvalue weighted by atomic mass is 16.2. The van der Waals surface area contributed by atoms with Crippen LogP contribution in [-0.2, 0) is 4.79 Å². The molecule has 1 fully saturated rings. The van der Waals surface area contributed by atoms with Gasteiger partial charge in [0.05, 0.1) is 0 Å². The predicted octanol–water partition coefficient (Wildman–Crippen LogP) is 1.39. The van der Waals surface area contributed by atoms with Crippen LogP contribution in [0.4, 0.5) is 0 Å². The first-order valence-electron chi connectivity index (χ1n) is 7.27. The van der Waals surface area contributed by atoms with E-state index < -0.39 is 0 Å². The van der Waals surface area contributed by atoms with E-state index in [0.717, 1.165) is 51.7 Å². The van der Waals surface area contributed by atoms with Gasteiger partial charge in [-0.2, -0.15) is 0 Å². The van der Waals surface area contributed by atoms with Crippen molar-refractivity contribution in [1.82, 2.24) is 10.2 Å². The summed E-state index contributed by atoms with van der Waals surface area (Å²) >= 11 is 0. The Balaban J connectivity index is 2.14. The molecule has 2 N–H and O–H groups in total. The van der Waals surface area contributed by atoms with Crippen LogP contribution in [0.5, 0.6) is 0 Å². The van der Waals surface area contributed by atoms with Gasteiger partial charge in [-0.1, -0.05) is 0 Å². The molecule has 0 aliphatic carbocycles.